The molecular formula is C5H7FO5. The van der Waals surface area contributed by atoms with Gasteiger partial charge in [0.1, 0.15) is 0 Å². The molecule has 0 saturated carbocycles. The summed E-state index contributed by atoms with van der Waals surface area (Å²) in [4.78, 5) is 19.6. The van der Waals surface area contributed by atoms with Crippen molar-refractivity contribution in [1.29, 1.82) is 0 Å². The third-order valence-corrected chi connectivity index (χ3v) is 0.998. The second kappa shape index (κ2) is 3.29. The molecule has 0 rings (SSSR count). The second-order valence-corrected chi connectivity index (χ2v) is 1.96. The molecule has 0 radical (unpaired) electrons. The molecule has 0 amide bonds. The topological polar surface area (TPSA) is 94.8 Å². The molecule has 0 aliphatic carbocycles. The summed E-state index contributed by atoms with van der Waals surface area (Å²) in [5.74, 6) is -6.86. The number of aliphatic hydroxyl groups is 1. The van der Waals surface area contributed by atoms with Crippen LogP contribution in [0.3, 0.4) is 0 Å². The Kier molecular flexibility index (Phi) is 2.94. The van der Waals surface area contributed by atoms with Gasteiger partial charge >= 0.3 is 17.8 Å². The zero-order chi connectivity index (χ0) is 9.07. The van der Waals surface area contributed by atoms with E-state index in [9.17, 15) is 14.0 Å². The number of carboxylic acid groups (broad SMARTS) is 2. The number of aliphatic carboxylic acids is 2. The van der Waals surface area contributed by atoms with E-state index in [2.05, 4.69) is 0 Å². The molecule has 11 heavy (non-hydrogen) atoms. The molecule has 6 heteroatoms. The van der Waals surface area contributed by atoms with Crippen LogP contribution in [0.25, 0.3) is 0 Å². The predicted molar refractivity (Wildman–Crippen MR) is 30.6 cm³/mol. The van der Waals surface area contributed by atoms with Gasteiger partial charge < -0.3 is 15.3 Å². The summed E-state index contributed by atoms with van der Waals surface area (Å²) in [5.41, 5.74) is 0. The third kappa shape index (κ3) is 3.51. The molecule has 5 nitrogen and oxygen atoms in total. The van der Waals surface area contributed by atoms with E-state index >= 15 is 0 Å². The molecule has 0 aliphatic heterocycles. The fraction of sp³-hybridized carbons (Fsp3) is 0.600. The largest absolute Gasteiger partial charge is 0.481 e. The molecule has 0 heterocycles. The maximum Gasteiger partial charge on any atom is 0.369 e. The Balaban J connectivity index is 3.92. The molecule has 1 unspecified atom stereocenters. The fourth-order valence-electron chi connectivity index (χ4n) is 0.380. The molecule has 0 bridgehead atoms. The van der Waals surface area contributed by atoms with Gasteiger partial charge in [-0.25, -0.2) is 4.79 Å². The first-order valence-corrected chi connectivity index (χ1v) is 2.73. The average Bonchev–Trinajstić information content (AvgIpc) is 1.84. The molecule has 3 N–H and O–H groups in total. The van der Waals surface area contributed by atoms with E-state index in [1.807, 2.05) is 0 Å². The zero-order valence-corrected chi connectivity index (χ0v) is 5.45. The van der Waals surface area contributed by atoms with Crippen molar-refractivity contribution in [2.75, 3.05) is 0 Å². The zero-order valence-electron chi connectivity index (χ0n) is 5.45. The van der Waals surface area contributed by atoms with Crippen LogP contribution in [-0.4, -0.2) is 33.1 Å². The van der Waals surface area contributed by atoms with Gasteiger partial charge in [-0.3, -0.25) is 4.79 Å². The van der Waals surface area contributed by atoms with Crippen molar-refractivity contribution in [3.8, 4) is 0 Å². The van der Waals surface area contributed by atoms with Crippen LogP contribution in [0, 0.1) is 0 Å². The Morgan fingerprint density at radius 2 is 1.82 bits per heavy atom. The summed E-state index contributed by atoms with van der Waals surface area (Å²) in [6.45, 7) is 0. The van der Waals surface area contributed by atoms with Crippen molar-refractivity contribution < 1.29 is 29.3 Å². The van der Waals surface area contributed by atoms with Crippen molar-refractivity contribution in [3.63, 3.8) is 0 Å². The number of halogens is 1. The van der Waals surface area contributed by atoms with E-state index in [0.29, 0.717) is 0 Å². The van der Waals surface area contributed by atoms with Crippen molar-refractivity contribution in [2.45, 2.75) is 18.7 Å². The highest BCUT2D eigenvalue weighted by atomic mass is 19.2. The van der Waals surface area contributed by atoms with Crippen LogP contribution < -0.4 is 0 Å². The first kappa shape index (κ1) is 9.83. The van der Waals surface area contributed by atoms with Crippen molar-refractivity contribution >= 4 is 11.9 Å². The highest BCUT2D eigenvalue weighted by molar-refractivity contribution is 5.76. The number of hydrogen-bond donors (Lipinski definition) is 3. The maximum absolute atomic E-state index is 12.3. The maximum atomic E-state index is 12.3. The van der Waals surface area contributed by atoms with Crippen LogP contribution in [0.2, 0.25) is 0 Å². The minimum absolute atomic E-state index is 0.723. The lowest BCUT2D eigenvalue weighted by Crippen LogP contribution is -2.33. The summed E-state index contributed by atoms with van der Waals surface area (Å²) < 4.78 is 12.3. The third-order valence-electron chi connectivity index (χ3n) is 0.998. The van der Waals surface area contributed by atoms with Gasteiger partial charge in [0.05, 0.1) is 6.42 Å². The summed E-state index contributed by atoms with van der Waals surface area (Å²) in [7, 11) is 0. The molecular weight excluding hydrogens is 159 g/mol. The molecule has 0 aromatic rings. The van der Waals surface area contributed by atoms with E-state index in [4.69, 9.17) is 15.3 Å². The quantitative estimate of drug-likeness (QED) is 0.527. The molecule has 0 aromatic carbocycles. The summed E-state index contributed by atoms with van der Waals surface area (Å²) in [5, 5.41) is 24.2. The van der Waals surface area contributed by atoms with Crippen molar-refractivity contribution in [2.24, 2.45) is 0 Å². The Labute approximate surface area is 61.1 Å². The van der Waals surface area contributed by atoms with E-state index in [0.717, 1.165) is 0 Å². The smallest absolute Gasteiger partial charge is 0.369 e. The molecule has 0 aliphatic rings. The Morgan fingerprint density at radius 1 is 1.36 bits per heavy atom. The van der Waals surface area contributed by atoms with E-state index in [1.165, 1.54) is 0 Å². The Morgan fingerprint density at radius 3 is 2.09 bits per heavy atom. The fourth-order valence-corrected chi connectivity index (χ4v) is 0.380. The minimum Gasteiger partial charge on any atom is -0.481 e. The molecule has 1 atom stereocenters. The Hall–Kier alpha value is -1.17. The summed E-state index contributed by atoms with van der Waals surface area (Å²) >= 11 is 0. The van der Waals surface area contributed by atoms with Crippen LogP contribution >= 0.6 is 0 Å². The van der Waals surface area contributed by atoms with Gasteiger partial charge in [0.25, 0.3) is 0 Å². The van der Waals surface area contributed by atoms with E-state index < -0.39 is 30.6 Å². The summed E-state index contributed by atoms with van der Waals surface area (Å²) in [6.07, 6.45) is -1.67. The normalized spacial score (nSPS) is 15.5. The van der Waals surface area contributed by atoms with Crippen molar-refractivity contribution in [1.82, 2.24) is 0 Å². The van der Waals surface area contributed by atoms with Gasteiger partial charge in [0.15, 0.2) is 0 Å². The van der Waals surface area contributed by atoms with Gasteiger partial charge in [-0.2, -0.15) is 4.39 Å². The number of hydrogen-bond acceptors (Lipinski definition) is 3. The van der Waals surface area contributed by atoms with Gasteiger partial charge in [-0.1, -0.05) is 0 Å². The molecule has 0 fully saturated rings. The molecule has 64 valence electrons. The molecule has 0 aromatic heterocycles. The lowest BCUT2D eigenvalue weighted by Gasteiger charge is -2.10. The van der Waals surface area contributed by atoms with Gasteiger partial charge in [-0.15, -0.1) is 0 Å². The number of carbonyl (C=O) groups is 2. The van der Waals surface area contributed by atoms with Gasteiger partial charge in [0.2, 0.25) is 0 Å². The van der Waals surface area contributed by atoms with Crippen LogP contribution in [0.15, 0.2) is 0 Å². The SMILES string of the molecule is O=C(O)CCC(O)(F)C(=O)O. The first-order valence-electron chi connectivity index (χ1n) is 2.73. The number of rotatable bonds is 4. The first-order chi connectivity index (χ1) is 4.86. The van der Waals surface area contributed by atoms with Crippen molar-refractivity contribution in [3.05, 3.63) is 0 Å². The number of carboxylic acids is 2. The molecule has 0 saturated heterocycles. The lowest BCUT2D eigenvalue weighted by atomic mass is 10.2. The average molecular weight is 166 g/mol. The van der Waals surface area contributed by atoms with Crippen LogP contribution in [-0.2, 0) is 9.59 Å². The Bertz CT molecular complexity index is 176. The van der Waals surface area contributed by atoms with Crippen LogP contribution in [0.5, 0.6) is 0 Å². The van der Waals surface area contributed by atoms with E-state index in [1.54, 1.807) is 0 Å². The van der Waals surface area contributed by atoms with E-state index in [-0.39, 0.29) is 0 Å². The predicted octanol–water partition coefficient (Wildman–Crippen LogP) is -0.406. The second-order valence-electron chi connectivity index (χ2n) is 1.96. The monoisotopic (exact) mass is 166 g/mol. The highest BCUT2D eigenvalue weighted by Gasteiger charge is 2.35. The van der Waals surface area contributed by atoms with Gasteiger partial charge in [0, 0.05) is 6.42 Å². The van der Waals surface area contributed by atoms with Gasteiger partial charge in [-0.05, 0) is 0 Å². The molecule has 0 spiro atoms. The highest BCUT2D eigenvalue weighted by Crippen LogP contribution is 2.14. The lowest BCUT2D eigenvalue weighted by molar-refractivity contribution is -0.182. The standard InChI is InChI=1S/C5H7FO5/c6-5(11,4(9)10)2-1-3(7)8/h11H,1-2H2,(H,7,8)(H,9,10). The number of alkyl halides is 1. The minimum atomic E-state index is -3.43. The van der Waals surface area contributed by atoms with Crippen LogP contribution in [0.1, 0.15) is 12.8 Å². The summed E-state index contributed by atoms with van der Waals surface area (Å²) in [6, 6.07) is 0. The van der Waals surface area contributed by atoms with Crippen LogP contribution in [0.4, 0.5) is 4.39 Å².